The molecular weight excluding hydrogens is 154 g/mol. The summed E-state index contributed by atoms with van der Waals surface area (Å²) in [6, 6.07) is 9.64. The maximum Gasteiger partial charge on any atom is 0.294 e. The molecule has 0 saturated carbocycles. The lowest BCUT2D eigenvalue weighted by Gasteiger charge is -2.08. The van der Waals surface area contributed by atoms with Crippen molar-refractivity contribution in [1.82, 2.24) is 0 Å². The van der Waals surface area contributed by atoms with Gasteiger partial charge < -0.3 is 4.74 Å². The average Bonchev–Trinajstić information content (AvgIpc) is 2.06. The van der Waals surface area contributed by atoms with Crippen LogP contribution in [0.2, 0.25) is 0 Å². The second-order valence-corrected chi connectivity index (χ2v) is 2.46. The zero-order chi connectivity index (χ0) is 8.81. The predicted molar refractivity (Wildman–Crippen MR) is 45.3 cm³/mol. The molecule has 1 atom stereocenters. The van der Waals surface area contributed by atoms with Gasteiger partial charge in [0, 0.05) is 6.42 Å². The number of ether oxygens (including phenoxy) is 1. The molecule has 0 radical (unpaired) electrons. The quantitative estimate of drug-likeness (QED) is 0.527. The van der Waals surface area contributed by atoms with Gasteiger partial charge in [0.05, 0.1) is 0 Å². The molecule has 0 aliphatic carbocycles. The summed E-state index contributed by atoms with van der Waals surface area (Å²) in [7, 11) is 0. The molecule has 0 aliphatic rings. The molecule has 0 spiro atoms. The van der Waals surface area contributed by atoms with E-state index in [0.717, 1.165) is 5.56 Å². The van der Waals surface area contributed by atoms with Gasteiger partial charge in [-0.1, -0.05) is 30.3 Å². The fourth-order valence-electron chi connectivity index (χ4n) is 0.966. The van der Waals surface area contributed by atoms with E-state index in [1.807, 2.05) is 30.3 Å². The fraction of sp³-hybridized carbons (Fsp3) is 0.222. The second-order valence-electron chi connectivity index (χ2n) is 2.46. The van der Waals surface area contributed by atoms with Crippen molar-refractivity contribution >= 4 is 6.47 Å². The Kier molecular flexibility index (Phi) is 3.29. The Hall–Kier alpha value is -1.35. The Morgan fingerprint density at radius 2 is 2.08 bits per heavy atom. The van der Waals surface area contributed by atoms with Gasteiger partial charge in [0.15, 0.2) is 6.23 Å². The van der Waals surface area contributed by atoms with Crippen molar-refractivity contribution in [3.8, 4) is 0 Å². The first-order valence-corrected chi connectivity index (χ1v) is 3.71. The Balaban J connectivity index is 2.46. The van der Waals surface area contributed by atoms with Crippen molar-refractivity contribution in [3.63, 3.8) is 0 Å². The van der Waals surface area contributed by atoms with E-state index in [9.17, 15) is 4.79 Å². The van der Waals surface area contributed by atoms with E-state index in [0.29, 0.717) is 12.9 Å². The molecule has 0 heterocycles. The summed E-state index contributed by atoms with van der Waals surface area (Å²) in [5.41, 5.74) is 6.52. The standard InChI is InChI=1S/C9H11NO2/c10-9(12-7-11)6-8-4-2-1-3-5-8/h1-5,7,9H,6,10H2. The Morgan fingerprint density at radius 3 is 2.67 bits per heavy atom. The minimum absolute atomic E-state index is 0.369. The Labute approximate surface area is 71.1 Å². The van der Waals surface area contributed by atoms with Crippen molar-refractivity contribution in [2.75, 3.05) is 0 Å². The van der Waals surface area contributed by atoms with Gasteiger partial charge in [0.25, 0.3) is 6.47 Å². The van der Waals surface area contributed by atoms with Gasteiger partial charge in [-0.25, -0.2) is 0 Å². The zero-order valence-corrected chi connectivity index (χ0v) is 6.64. The third-order valence-corrected chi connectivity index (χ3v) is 1.51. The number of carbonyl (C=O) groups excluding carboxylic acids is 1. The van der Waals surface area contributed by atoms with E-state index in [2.05, 4.69) is 4.74 Å². The van der Waals surface area contributed by atoms with E-state index in [-0.39, 0.29) is 0 Å². The SMILES string of the molecule is NC(Cc1ccccc1)OC=O. The minimum atomic E-state index is -0.537. The van der Waals surface area contributed by atoms with Crippen LogP contribution in [0.15, 0.2) is 30.3 Å². The van der Waals surface area contributed by atoms with E-state index in [1.165, 1.54) is 0 Å². The molecule has 1 rings (SSSR count). The van der Waals surface area contributed by atoms with Crippen LogP contribution >= 0.6 is 0 Å². The lowest BCUT2D eigenvalue weighted by atomic mass is 10.1. The van der Waals surface area contributed by atoms with Gasteiger partial charge in [0.1, 0.15) is 0 Å². The van der Waals surface area contributed by atoms with Crippen LogP contribution in [-0.4, -0.2) is 12.7 Å². The lowest BCUT2D eigenvalue weighted by Crippen LogP contribution is -2.25. The molecule has 1 aromatic rings. The topological polar surface area (TPSA) is 52.3 Å². The van der Waals surface area contributed by atoms with Crippen molar-refractivity contribution in [2.45, 2.75) is 12.6 Å². The highest BCUT2D eigenvalue weighted by atomic mass is 16.5. The van der Waals surface area contributed by atoms with Crippen LogP contribution in [0.4, 0.5) is 0 Å². The van der Waals surface area contributed by atoms with Crippen LogP contribution in [0.5, 0.6) is 0 Å². The van der Waals surface area contributed by atoms with Crippen molar-refractivity contribution in [3.05, 3.63) is 35.9 Å². The number of nitrogens with two attached hydrogens (primary N) is 1. The second kappa shape index (κ2) is 4.51. The number of hydrogen-bond acceptors (Lipinski definition) is 3. The number of carbonyl (C=O) groups is 1. The first-order chi connectivity index (χ1) is 5.83. The fourth-order valence-corrected chi connectivity index (χ4v) is 0.966. The van der Waals surface area contributed by atoms with E-state index in [4.69, 9.17) is 5.73 Å². The molecule has 1 aromatic carbocycles. The van der Waals surface area contributed by atoms with E-state index < -0.39 is 6.23 Å². The normalized spacial score (nSPS) is 12.1. The van der Waals surface area contributed by atoms with Crippen molar-refractivity contribution in [2.24, 2.45) is 5.73 Å². The predicted octanol–water partition coefficient (Wildman–Crippen LogP) is 0.687. The monoisotopic (exact) mass is 165 g/mol. The van der Waals surface area contributed by atoms with Gasteiger partial charge >= 0.3 is 0 Å². The van der Waals surface area contributed by atoms with Crippen LogP contribution < -0.4 is 5.73 Å². The molecule has 0 amide bonds. The van der Waals surface area contributed by atoms with Crippen molar-refractivity contribution < 1.29 is 9.53 Å². The largest absolute Gasteiger partial charge is 0.449 e. The average molecular weight is 165 g/mol. The summed E-state index contributed by atoms with van der Waals surface area (Å²) in [4.78, 5) is 9.90. The van der Waals surface area contributed by atoms with Crippen molar-refractivity contribution in [1.29, 1.82) is 0 Å². The Bertz CT molecular complexity index is 236. The summed E-state index contributed by atoms with van der Waals surface area (Å²) in [5, 5.41) is 0. The van der Waals surface area contributed by atoms with Gasteiger partial charge in [-0.3, -0.25) is 10.5 Å². The first-order valence-electron chi connectivity index (χ1n) is 3.71. The minimum Gasteiger partial charge on any atom is -0.449 e. The van der Waals surface area contributed by atoms with Crippen LogP contribution in [0, 0.1) is 0 Å². The van der Waals surface area contributed by atoms with Gasteiger partial charge in [-0.05, 0) is 5.56 Å². The molecular formula is C9H11NO2. The maximum atomic E-state index is 9.90. The maximum absolute atomic E-state index is 9.90. The molecule has 1 unspecified atom stereocenters. The van der Waals surface area contributed by atoms with Gasteiger partial charge in [0.2, 0.25) is 0 Å². The molecule has 3 nitrogen and oxygen atoms in total. The van der Waals surface area contributed by atoms with Crippen LogP contribution in [-0.2, 0) is 16.0 Å². The van der Waals surface area contributed by atoms with E-state index >= 15 is 0 Å². The zero-order valence-electron chi connectivity index (χ0n) is 6.64. The molecule has 0 aromatic heterocycles. The van der Waals surface area contributed by atoms with E-state index in [1.54, 1.807) is 0 Å². The molecule has 0 bridgehead atoms. The highest BCUT2D eigenvalue weighted by Crippen LogP contribution is 2.01. The first kappa shape index (κ1) is 8.74. The number of rotatable bonds is 4. The summed E-state index contributed by atoms with van der Waals surface area (Å²) >= 11 is 0. The summed E-state index contributed by atoms with van der Waals surface area (Å²) in [6.07, 6.45) is 0.0180. The Morgan fingerprint density at radius 1 is 1.42 bits per heavy atom. The van der Waals surface area contributed by atoms with Crippen LogP contribution in [0.1, 0.15) is 5.56 Å². The van der Waals surface area contributed by atoms with Gasteiger partial charge in [-0.2, -0.15) is 0 Å². The summed E-state index contributed by atoms with van der Waals surface area (Å²) in [5.74, 6) is 0. The number of hydrogen-bond donors (Lipinski definition) is 1. The van der Waals surface area contributed by atoms with Crippen LogP contribution in [0.3, 0.4) is 0 Å². The molecule has 0 fully saturated rings. The lowest BCUT2D eigenvalue weighted by molar-refractivity contribution is -0.133. The van der Waals surface area contributed by atoms with Gasteiger partial charge in [-0.15, -0.1) is 0 Å². The molecule has 0 saturated heterocycles. The highest BCUT2D eigenvalue weighted by molar-refractivity contribution is 5.37. The molecule has 64 valence electrons. The third kappa shape index (κ3) is 2.72. The molecule has 3 heteroatoms. The van der Waals surface area contributed by atoms with Crippen LogP contribution in [0.25, 0.3) is 0 Å². The highest BCUT2D eigenvalue weighted by Gasteiger charge is 2.01. The summed E-state index contributed by atoms with van der Waals surface area (Å²) < 4.78 is 4.54. The summed E-state index contributed by atoms with van der Waals surface area (Å²) in [6.45, 7) is 0.369. The molecule has 0 aliphatic heterocycles. The number of benzene rings is 1. The molecule has 2 N–H and O–H groups in total. The smallest absolute Gasteiger partial charge is 0.294 e. The molecule has 12 heavy (non-hydrogen) atoms. The third-order valence-electron chi connectivity index (χ3n) is 1.51.